The Bertz CT molecular complexity index is 1840. The lowest BCUT2D eigenvalue weighted by Gasteiger charge is -2.36. The number of hydrogen-bond acceptors (Lipinski definition) is 11. The van der Waals surface area contributed by atoms with Crippen LogP contribution in [0, 0.1) is 0 Å². The summed E-state index contributed by atoms with van der Waals surface area (Å²) in [5.74, 6) is -2.15. The van der Waals surface area contributed by atoms with Crippen LogP contribution in [0.3, 0.4) is 0 Å². The minimum Gasteiger partial charge on any atom is -0.480 e. The number of aromatic nitrogens is 2. The number of carbonyl (C=O) groups is 5. The molecule has 1 aromatic heterocycles. The largest absolute Gasteiger partial charge is 0.480 e. The Kier molecular flexibility index (Phi) is 10.7. The molecular weight excluding hydrogens is 694 g/mol. The van der Waals surface area contributed by atoms with E-state index < -0.39 is 63.7 Å². The number of benzene rings is 1. The van der Waals surface area contributed by atoms with Crippen molar-refractivity contribution in [2.45, 2.75) is 90.0 Å². The Morgan fingerprint density at radius 1 is 1.02 bits per heavy atom. The number of hydrogen-bond donors (Lipinski definition) is 2. The number of rotatable bonds is 13. The lowest BCUT2D eigenvalue weighted by molar-refractivity contribution is -0.141. The summed E-state index contributed by atoms with van der Waals surface area (Å²) in [6.07, 6.45) is 4.35. The van der Waals surface area contributed by atoms with Gasteiger partial charge < -0.3 is 20.2 Å². The highest BCUT2D eigenvalue weighted by Crippen LogP contribution is 2.42. The van der Waals surface area contributed by atoms with Crippen LogP contribution >= 0.6 is 0 Å². The zero-order valence-corrected chi connectivity index (χ0v) is 31.4. The molecule has 17 nitrogen and oxygen atoms in total. The fourth-order valence-corrected chi connectivity index (χ4v) is 8.63. The SMILES string of the molecule is CCN(CC)c1ncc(N(C(C)C)S(C)(=O)=O)c(N[C@@H](Cc2ccc(N3C(=O)C(N4C(=O)N(C)C5(CCCCC5)C4=O)N(C)C3=O)cc2)C(=O)O)n1. The second-order valence-corrected chi connectivity index (χ2v) is 15.5. The molecule has 18 heteroatoms. The van der Waals surface area contributed by atoms with E-state index in [9.17, 15) is 37.5 Å². The van der Waals surface area contributed by atoms with Gasteiger partial charge in [0.15, 0.2) is 12.0 Å². The molecule has 0 radical (unpaired) electrons. The summed E-state index contributed by atoms with van der Waals surface area (Å²) in [5, 5.41) is 13.2. The van der Waals surface area contributed by atoms with Crippen LogP contribution in [0.1, 0.15) is 65.4 Å². The fourth-order valence-electron chi connectivity index (χ4n) is 7.37. The van der Waals surface area contributed by atoms with Crippen LogP contribution in [0.5, 0.6) is 0 Å². The van der Waals surface area contributed by atoms with Crippen molar-refractivity contribution in [1.29, 1.82) is 0 Å². The molecule has 2 aromatic rings. The van der Waals surface area contributed by atoms with E-state index in [0.29, 0.717) is 37.4 Å². The van der Waals surface area contributed by atoms with E-state index in [1.165, 1.54) is 30.3 Å². The van der Waals surface area contributed by atoms with E-state index in [0.717, 1.165) is 44.5 Å². The van der Waals surface area contributed by atoms with E-state index >= 15 is 0 Å². The summed E-state index contributed by atoms with van der Waals surface area (Å²) >= 11 is 0. The van der Waals surface area contributed by atoms with Gasteiger partial charge in [-0.05, 0) is 58.2 Å². The Morgan fingerprint density at radius 3 is 2.17 bits per heavy atom. The summed E-state index contributed by atoms with van der Waals surface area (Å²) < 4.78 is 26.7. The van der Waals surface area contributed by atoms with Gasteiger partial charge >= 0.3 is 18.0 Å². The van der Waals surface area contributed by atoms with Gasteiger partial charge in [0.05, 0.1) is 18.1 Å². The molecule has 2 atom stereocenters. The number of carboxylic acids is 1. The number of amides is 6. The molecule has 2 saturated heterocycles. The standard InChI is InChI=1S/C34H47N9O8S/c1-8-40(9-2)31-35-20-25(43(21(3)4)52(7,50)51)26(37-31)36-24(29(45)46)19-22-13-15-23(16-14-22)41-28(44)27(38(5)32(41)48)42-30(47)34(39(6)33(42)49)17-11-10-12-18-34/h13-16,20-21,24,27H,8-12,17-19H2,1-7H3,(H,45,46)(H,35,36,37)/t24-,27?/m0/s1. The normalized spacial score (nSPS) is 19.7. The summed E-state index contributed by atoms with van der Waals surface area (Å²) in [4.78, 5) is 82.1. The van der Waals surface area contributed by atoms with Crippen LogP contribution in [0.4, 0.5) is 32.7 Å². The minimum atomic E-state index is -3.80. The lowest BCUT2D eigenvalue weighted by atomic mass is 9.80. The summed E-state index contributed by atoms with van der Waals surface area (Å²) in [6, 6.07) is 2.95. The maximum Gasteiger partial charge on any atom is 0.333 e. The van der Waals surface area contributed by atoms with Crippen LogP contribution in [-0.4, -0.2) is 125 Å². The van der Waals surface area contributed by atoms with Crippen LogP contribution in [-0.2, 0) is 30.8 Å². The molecule has 5 rings (SSSR count). The van der Waals surface area contributed by atoms with Gasteiger partial charge in [-0.25, -0.2) is 37.6 Å². The Labute approximate surface area is 303 Å². The Morgan fingerprint density at radius 2 is 1.63 bits per heavy atom. The van der Waals surface area contributed by atoms with E-state index in [-0.39, 0.29) is 23.6 Å². The highest BCUT2D eigenvalue weighted by molar-refractivity contribution is 7.92. The molecule has 2 N–H and O–H groups in total. The van der Waals surface area contributed by atoms with Crippen molar-refractivity contribution in [3.05, 3.63) is 36.0 Å². The van der Waals surface area contributed by atoms with E-state index in [1.54, 1.807) is 33.0 Å². The molecule has 3 fully saturated rings. The maximum atomic E-state index is 13.8. The maximum absolute atomic E-state index is 13.8. The molecule has 52 heavy (non-hydrogen) atoms. The molecular formula is C34H47N9O8S. The molecule has 1 unspecified atom stereocenters. The van der Waals surface area contributed by atoms with Crippen LogP contribution < -0.4 is 19.4 Å². The monoisotopic (exact) mass is 741 g/mol. The molecule has 1 saturated carbocycles. The smallest absolute Gasteiger partial charge is 0.333 e. The topological polar surface area (TPSA) is 197 Å². The van der Waals surface area contributed by atoms with Gasteiger partial charge in [-0.3, -0.25) is 18.8 Å². The molecule has 282 valence electrons. The molecule has 0 bridgehead atoms. The second kappa shape index (κ2) is 14.6. The predicted octanol–water partition coefficient (Wildman–Crippen LogP) is 2.93. The van der Waals surface area contributed by atoms with Crippen molar-refractivity contribution in [1.82, 2.24) is 24.7 Å². The van der Waals surface area contributed by atoms with Crippen LogP contribution in [0.15, 0.2) is 30.5 Å². The number of carboxylic acid groups (broad SMARTS) is 1. The number of nitrogens with one attached hydrogen (secondary N) is 1. The van der Waals surface area contributed by atoms with Crippen molar-refractivity contribution in [2.24, 2.45) is 0 Å². The first-order chi connectivity index (χ1) is 24.5. The van der Waals surface area contributed by atoms with Gasteiger partial charge in [0.1, 0.15) is 17.3 Å². The third kappa shape index (κ3) is 6.70. The number of urea groups is 2. The average molecular weight is 742 g/mol. The highest BCUT2D eigenvalue weighted by Gasteiger charge is 2.62. The molecule has 3 heterocycles. The van der Waals surface area contributed by atoms with Crippen LogP contribution in [0.25, 0.3) is 0 Å². The number of carbonyl (C=O) groups excluding carboxylic acids is 4. The second-order valence-electron chi connectivity index (χ2n) is 13.7. The molecule has 1 aromatic carbocycles. The summed E-state index contributed by atoms with van der Waals surface area (Å²) in [6.45, 7) is 8.30. The number of nitrogens with zero attached hydrogens (tertiary/aromatic N) is 8. The van der Waals surface area contributed by atoms with Gasteiger partial charge in [0.25, 0.3) is 11.8 Å². The zero-order valence-electron chi connectivity index (χ0n) is 30.6. The molecule has 1 aliphatic carbocycles. The molecule has 6 amide bonds. The Balaban J connectivity index is 1.40. The van der Waals surface area contributed by atoms with Crippen LogP contribution in [0.2, 0.25) is 0 Å². The molecule has 1 spiro atoms. The quantitative estimate of drug-likeness (QED) is 0.285. The Hall–Kier alpha value is -5.00. The number of likely N-dealkylation sites (N-methyl/N-ethyl adjacent to an activating group) is 2. The lowest BCUT2D eigenvalue weighted by Crippen LogP contribution is -2.53. The highest BCUT2D eigenvalue weighted by atomic mass is 32.2. The first-order valence-electron chi connectivity index (χ1n) is 17.4. The van der Waals surface area contributed by atoms with Gasteiger partial charge in [-0.15, -0.1) is 0 Å². The first kappa shape index (κ1) is 38.2. The number of sulfonamides is 1. The van der Waals surface area contributed by atoms with Crippen molar-refractivity contribution in [3.8, 4) is 0 Å². The van der Waals surface area contributed by atoms with Gasteiger partial charge in [-0.1, -0.05) is 31.4 Å². The van der Waals surface area contributed by atoms with Gasteiger partial charge in [-0.2, -0.15) is 4.98 Å². The fraction of sp³-hybridized carbons (Fsp3) is 0.559. The van der Waals surface area contributed by atoms with E-state index in [4.69, 9.17) is 0 Å². The third-order valence-corrected chi connectivity index (χ3v) is 11.4. The number of imide groups is 2. The number of anilines is 4. The first-order valence-corrected chi connectivity index (χ1v) is 19.2. The molecule has 2 aliphatic heterocycles. The third-order valence-electron chi connectivity index (χ3n) is 10.1. The number of aliphatic carboxylic acids is 1. The van der Waals surface area contributed by atoms with E-state index in [1.807, 2.05) is 18.7 Å². The van der Waals surface area contributed by atoms with Gasteiger partial charge in [0, 0.05) is 39.6 Å². The minimum absolute atomic E-state index is 0.0223. The zero-order chi connectivity index (χ0) is 38.3. The van der Waals surface area contributed by atoms with Crippen molar-refractivity contribution in [2.75, 3.05) is 52.9 Å². The molecule has 3 aliphatic rings. The van der Waals surface area contributed by atoms with Crippen molar-refractivity contribution >= 4 is 63.0 Å². The average Bonchev–Trinajstić information content (AvgIpc) is 3.41. The van der Waals surface area contributed by atoms with Crippen molar-refractivity contribution in [3.63, 3.8) is 0 Å². The summed E-state index contributed by atoms with van der Waals surface area (Å²) in [7, 11) is -0.877. The predicted molar refractivity (Wildman–Crippen MR) is 193 cm³/mol. The van der Waals surface area contributed by atoms with Crippen molar-refractivity contribution < 1.29 is 37.5 Å². The summed E-state index contributed by atoms with van der Waals surface area (Å²) in [5.41, 5.74) is -0.242. The van der Waals surface area contributed by atoms with Gasteiger partial charge in [0.2, 0.25) is 16.0 Å². The van der Waals surface area contributed by atoms with E-state index in [2.05, 4.69) is 15.3 Å².